The first kappa shape index (κ1) is 13.9. The molecule has 1 saturated carbocycles. The van der Waals surface area contributed by atoms with Gasteiger partial charge in [0, 0.05) is 0 Å². The molecule has 104 valence electrons. The lowest BCUT2D eigenvalue weighted by Crippen LogP contribution is -2.16. The molecule has 3 heteroatoms. The third kappa shape index (κ3) is 2.34. The second kappa shape index (κ2) is 5.24. The van der Waals surface area contributed by atoms with Gasteiger partial charge in [-0.1, -0.05) is 19.3 Å². The summed E-state index contributed by atoms with van der Waals surface area (Å²) in [5, 5.41) is 9.40. The molecule has 0 unspecified atom stereocenters. The lowest BCUT2D eigenvalue weighted by atomic mass is 9.78. The molecule has 3 N–H and O–H groups in total. The quantitative estimate of drug-likeness (QED) is 0.792. The maximum Gasteiger partial charge on any atom is 0.338 e. The van der Waals surface area contributed by atoms with Crippen molar-refractivity contribution < 1.29 is 9.90 Å². The third-order valence-electron chi connectivity index (χ3n) is 4.69. The van der Waals surface area contributed by atoms with Crippen molar-refractivity contribution in [2.75, 3.05) is 5.73 Å². The number of nitrogens with two attached hydrogens (primary N) is 1. The van der Waals surface area contributed by atoms with Crippen LogP contribution >= 0.6 is 0 Å². The van der Waals surface area contributed by atoms with Crippen LogP contribution in [-0.4, -0.2) is 11.1 Å². The van der Waals surface area contributed by atoms with E-state index >= 15 is 0 Å². The number of anilines is 1. The van der Waals surface area contributed by atoms with E-state index in [-0.39, 0.29) is 0 Å². The van der Waals surface area contributed by atoms with Gasteiger partial charge in [0.15, 0.2) is 0 Å². The maximum atomic E-state index is 11.5. The number of carboxylic acids is 1. The number of nitrogen functional groups attached to an aromatic ring is 1. The van der Waals surface area contributed by atoms with Crippen LogP contribution in [0.15, 0.2) is 0 Å². The molecule has 1 aromatic rings. The molecule has 0 aliphatic heterocycles. The Morgan fingerprint density at radius 1 is 1.05 bits per heavy atom. The highest BCUT2D eigenvalue weighted by molar-refractivity contribution is 5.97. The van der Waals surface area contributed by atoms with Crippen molar-refractivity contribution in [1.82, 2.24) is 0 Å². The van der Waals surface area contributed by atoms with Crippen LogP contribution < -0.4 is 5.73 Å². The van der Waals surface area contributed by atoms with Gasteiger partial charge < -0.3 is 10.8 Å². The summed E-state index contributed by atoms with van der Waals surface area (Å²) in [6.07, 6.45) is 5.99. The average molecular weight is 261 g/mol. The molecule has 1 aromatic carbocycles. The highest BCUT2D eigenvalue weighted by Gasteiger charge is 2.26. The van der Waals surface area contributed by atoms with E-state index in [2.05, 4.69) is 6.92 Å². The summed E-state index contributed by atoms with van der Waals surface area (Å²) in [6.45, 7) is 5.93. The summed E-state index contributed by atoms with van der Waals surface area (Å²) in [6, 6.07) is 0. The number of aromatic carboxylic acids is 1. The molecule has 3 nitrogen and oxygen atoms in total. The van der Waals surface area contributed by atoms with Gasteiger partial charge in [0.1, 0.15) is 0 Å². The molecule has 0 saturated heterocycles. The number of hydrogen-bond acceptors (Lipinski definition) is 2. The minimum Gasteiger partial charge on any atom is -0.478 e. The fraction of sp³-hybridized carbons (Fsp3) is 0.562. The molecule has 0 radical (unpaired) electrons. The van der Waals surface area contributed by atoms with Crippen molar-refractivity contribution in [3.05, 3.63) is 27.8 Å². The van der Waals surface area contributed by atoms with E-state index in [9.17, 15) is 9.90 Å². The smallest absolute Gasteiger partial charge is 0.338 e. The number of carbonyl (C=O) groups is 1. The van der Waals surface area contributed by atoms with Gasteiger partial charge in [0.2, 0.25) is 0 Å². The summed E-state index contributed by atoms with van der Waals surface area (Å²) in [7, 11) is 0. The lowest BCUT2D eigenvalue weighted by Gasteiger charge is -2.27. The molecule has 1 fully saturated rings. The van der Waals surface area contributed by atoms with Crippen molar-refractivity contribution in [3.63, 3.8) is 0 Å². The van der Waals surface area contributed by atoms with Gasteiger partial charge >= 0.3 is 5.97 Å². The van der Waals surface area contributed by atoms with E-state index in [1.807, 2.05) is 13.8 Å². The normalized spacial score (nSPS) is 16.6. The number of hydrogen-bond donors (Lipinski definition) is 2. The molecule has 0 bridgehead atoms. The molecule has 0 amide bonds. The summed E-state index contributed by atoms with van der Waals surface area (Å²) < 4.78 is 0. The third-order valence-corrected chi connectivity index (χ3v) is 4.69. The zero-order valence-electron chi connectivity index (χ0n) is 12.0. The Hall–Kier alpha value is -1.51. The molecule has 0 spiro atoms. The van der Waals surface area contributed by atoms with Crippen LogP contribution in [0.1, 0.15) is 70.6 Å². The van der Waals surface area contributed by atoms with Gasteiger partial charge in [-0.15, -0.1) is 0 Å². The number of rotatable bonds is 2. The van der Waals surface area contributed by atoms with E-state index < -0.39 is 5.97 Å². The Balaban J connectivity index is 2.62. The van der Waals surface area contributed by atoms with Crippen molar-refractivity contribution in [2.45, 2.75) is 58.8 Å². The monoisotopic (exact) mass is 261 g/mol. The molecular formula is C16H23NO2. The van der Waals surface area contributed by atoms with E-state index in [4.69, 9.17) is 5.73 Å². The summed E-state index contributed by atoms with van der Waals surface area (Å²) in [4.78, 5) is 11.5. The Kier molecular flexibility index (Phi) is 3.83. The molecule has 1 aliphatic carbocycles. The van der Waals surface area contributed by atoms with Crippen molar-refractivity contribution in [1.29, 1.82) is 0 Å². The van der Waals surface area contributed by atoms with E-state index in [1.165, 1.54) is 24.8 Å². The minimum absolute atomic E-state index is 0.309. The second-order valence-corrected chi connectivity index (χ2v) is 5.72. The van der Waals surface area contributed by atoms with E-state index in [0.717, 1.165) is 29.5 Å². The molecule has 0 atom stereocenters. The summed E-state index contributed by atoms with van der Waals surface area (Å²) in [5.74, 6) is -0.471. The second-order valence-electron chi connectivity index (χ2n) is 5.72. The topological polar surface area (TPSA) is 63.3 Å². The van der Waals surface area contributed by atoms with Crippen molar-refractivity contribution in [2.24, 2.45) is 0 Å². The molecule has 19 heavy (non-hydrogen) atoms. The van der Waals surface area contributed by atoms with Gasteiger partial charge in [0.05, 0.1) is 11.3 Å². The van der Waals surface area contributed by atoms with Gasteiger partial charge in [0.25, 0.3) is 0 Å². The van der Waals surface area contributed by atoms with Crippen molar-refractivity contribution in [3.8, 4) is 0 Å². The largest absolute Gasteiger partial charge is 0.478 e. The van der Waals surface area contributed by atoms with E-state index in [0.29, 0.717) is 17.2 Å². The lowest BCUT2D eigenvalue weighted by molar-refractivity contribution is 0.0697. The maximum absolute atomic E-state index is 11.5. The summed E-state index contributed by atoms with van der Waals surface area (Å²) >= 11 is 0. The predicted octanol–water partition coefficient (Wildman–Crippen LogP) is 3.94. The van der Waals surface area contributed by atoms with Crippen LogP contribution in [0.5, 0.6) is 0 Å². The summed E-state index contributed by atoms with van der Waals surface area (Å²) in [5.41, 5.74) is 11.2. The molecule has 1 aliphatic rings. The fourth-order valence-electron chi connectivity index (χ4n) is 3.40. The van der Waals surface area contributed by atoms with E-state index in [1.54, 1.807) is 0 Å². The molecule has 0 heterocycles. The molecular weight excluding hydrogens is 238 g/mol. The minimum atomic E-state index is -0.907. The average Bonchev–Trinajstić information content (AvgIpc) is 2.37. The number of carboxylic acid groups (broad SMARTS) is 1. The zero-order valence-corrected chi connectivity index (χ0v) is 12.0. The first-order chi connectivity index (χ1) is 8.95. The highest BCUT2D eigenvalue weighted by Crippen LogP contribution is 2.41. The molecule has 2 rings (SSSR count). The Bertz CT molecular complexity index is 514. The SMILES string of the molecule is Cc1c(C)c(C(=O)O)c(N)c(C2CCCCC2)c1C. The standard InChI is InChI=1S/C16H23NO2/c1-9-10(2)13(12-7-5-4-6-8-12)15(17)14(11(9)3)16(18)19/h12H,4-8,17H2,1-3H3,(H,18,19). The van der Waals surface area contributed by atoms with Crippen LogP contribution in [0.25, 0.3) is 0 Å². The predicted molar refractivity (Wildman–Crippen MR) is 77.9 cm³/mol. The zero-order chi connectivity index (χ0) is 14.2. The van der Waals surface area contributed by atoms with Crippen LogP contribution in [0.2, 0.25) is 0 Å². The Labute approximate surface area is 114 Å². The highest BCUT2D eigenvalue weighted by atomic mass is 16.4. The van der Waals surface area contributed by atoms with Gasteiger partial charge in [-0.2, -0.15) is 0 Å². The first-order valence-corrected chi connectivity index (χ1v) is 7.07. The van der Waals surface area contributed by atoms with Crippen molar-refractivity contribution >= 4 is 11.7 Å². The fourth-order valence-corrected chi connectivity index (χ4v) is 3.40. The first-order valence-electron chi connectivity index (χ1n) is 7.07. The van der Waals surface area contributed by atoms with Gasteiger partial charge in [-0.05, 0) is 61.8 Å². The van der Waals surface area contributed by atoms with Crippen LogP contribution in [0, 0.1) is 20.8 Å². The molecule has 0 aromatic heterocycles. The Morgan fingerprint density at radius 3 is 2.16 bits per heavy atom. The number of benzene rings is 1. The van der Waals surface area contributed by atoms with Gasteiger partial charge in [-0.3, -0.25) is 0 Å². The van der Waals surface area contributed by atoms with Crippen LogP contribution in [-0.2, 0) is 0 Å². The Morgan fingerprint density at radius 2 is 1.63 bits per heavy atom. The van der Waals surface area contributed by atoms with Crippen LogP contribution in [0.4, 0.5) is 5.69 Å². The van der Waals surface area contributed by atoms with Crippen LogP contribution in [0.3, 0.4) is 0 Å². The van der Waals surface area contributed by atoms with Gasteiger partial charge in [-0.25, -0.2) is 4.79 Å².